The average molecular weight is 464 g/mol. The lowest BCUT2D eigenvalue weighted by Gasteiger charge is -2.34. The molecule has 0 atom stereocenters. The fourth-order valence-corrected chi connectivity index (χ4v) is 3.96. The lowest BCUT2D eigenvalue weighted by Crippen LogP contribution is -2.50. The van der Waals surface area contributed by atoms with Crippen LogP contribution in [-0.4, -0.2) is 82.4 Å². The van der Waals surface area contributed by atoms with Crippen LogP contribution in [0.4, 0.5) is 0 Å². The molecule has 10 nitrogen and oxygen atoms in total. The highest BCUT2D eigenvalue weighted by atomic mass is 32.2. The molecule has 1 aromatic heterocycles. The Hall–Kier alpha value is -2.73. The summed E-state index contributed by atoms with van der Waals surface area (Å²) in [5, 5.41) is 10.8. The van der Waals surface area contributed by atoms with E-state index in [-0.39, 0.29) is 16.7 Å². The molecule has 2 amide bonds. The van der Waals surface area contributed by atoms with E-state index in [0.717, 1.165) is 38.3 Å². The van der Waals surface area contributed by atoms with Crippen molar-refractivity contribution >= 4 is 21.8 Å². The Morgan fingerprint density at radius 3 is 2.28 bits per heavy atom. The van der Waals surface area contributed by atoms with Crippen molar-refractivity contribution in [2.75, 3.05) is 52.4 Å². The van der Waals surface area contributed by atoms with Gasteiger partial charge in [-0.2, -0.15) is 0 Å². The molecule has 1 fully saturated rings. The van der Waals surface area contributed by atoms with Crippen LogP contribution in [-0.2, 0) is 21.2 Å². The molecule has 1 aliphatic rings. The van der Waals surface area contributed by atoms with Crippen LogP contribution < -0.4 is 15.8 Å². The Kier molecular flexibility index (Phi) is 8.39. The SMILES string of the molecule is NS(=O)(=O)c1ccc(CCNC(=O)CN2CCN(CCNC(=O)c3ccco3)CC2)cc1. The second kappa shape index (κ2) is 11.2. The van der Waals surface area contributed by atoms with Gasteiger partial charge in [-0.1, -0.05) is 12.1 Å². The number of nitrogens with two attached hydrogens (primary N) is 1. The van der Waals surface area contributed by atoms with Crippen LogP contribution >= 0.6 is 0 Å². The van der Waals surface area contributed by atoms with E-state index in [2.05, 4.69) is 20.4 Å². The standard InChI is InChI=1S/C21H29N5O5S/c22-32(29,30)18-5-3-17(4-6-18)7-8-23-20(27)16-26-13-11-25(12-14-26)10-9-24-21(28)19-2-1-15-31-19/h1-6,15H,7-14,16H2,(H,23,27)(H,24,28)(H2,22,29,30). The summed E-state index contributed by atoms with van der Waals surface area (Å²) in [5.41, 5.74) is 0.922. The number of nitrogens with zero attached hydrogens (tertiary/aromatic N) is 2. The number of sulfonamides is 1. The molecule has 11 heteroatoms. The van der Waals surface area contributed by atoms with Crippen LogP contribution in [0, 0.1) is 0 Å². The van der Waals surface area contributed by atoms with Gasteiger partial charge in [0.25, 0.3) is 5.91 Å². The van der Waals surface area contributed by atoms with Gasteiger partial charge in [-0.25, -0.2) is 13.6 Å². The maximum atomic E-state index is 12.2. The predicted molar refractivity (Wildman–Crippen MR) is 118 cm³/mol. The van der Waals surface area contributed by atoms with Crippen molar-refractivity contribution in [3.63, 3.8) is 0 Å². The number of benzene rings is 1. The number of hydrogen-bond acceptors (Lipinski definition) is 7. The van der Waals surface area contributed by atoms with E-state index in [1.165, 1.54) is 18.4 Å². The monoisotopic (exact) mass is 463 g/mol. The zero-order valence-corrected chi connectivity index (χ0v) is 18.6. The van der Waals surface area contributed by atoms with Crippen LogP contribution in [0.3, 0.4) is 0 Å². The van der Waals surface area contributed by atoms with E-state index in [0.29, 0.717) is 31.8 Å². The highest BCUT2D eigenvalue weighted by Crippen LogP contribution is 2.09. The van der Waals surface area contributed by atoms with Gasteiger partial charge in [0, 0.05) is 45.8 Å². The number of carbonyl (C=O) groups excluding carboxylic acids is 2. The molecular formula is C21H29N5O5S. The fourth-order valence-electron chi connectivity index (χ4n) is 3.44. The lowest BCUT2D eigenvalue weighted by atomic mass is 10.1. The molecule has 1 aromatic carbocycles. The molecule has 0 saturated carbocycles. The second-order valence-corrected chi connectivity index (χ2v) is 9.20. The smallest absolute Gasteiger partial charge is 0.287 e. The predicted octanol–water partition coefficient (Wildman–Crippen LogP) is -0.367. The summed E-state index contributed by atoms with van der Waals surface area (Å²) in [5.74, 6) is 0.0531. The molecule has 2 heterocycles. The number of nitrogens with one attached hydrogen (secondary N) is 2. The third kappa shape index (κ3) is 7.45. The van der Waals surface area contributed by atoms with Crippen molar-refractivity contribution in [1.29, 1.82) is 0 Å². The minimum Gasteiger partial charge on any atom is -0.459 e. The summed E-state index contributed by atoms with van der Waals surface area (Å²) in [6, 6.07) is 9.63. The Morgan fingerprint density at radius 1 is 0.969 bits per heavy atom. The maximum Gasteiger partial charge on any atom is 0.287 e. The van der Waals surface area contributed by atoms with E-state index in [1.807, 2.05) is 0 Å². The van der Waals surface area contributed by atoms with E-state index >= 15 is 0 Å². The first-order valence-electron chi connectivity index (χ1n) is 10.5. The number of furan rings is 1. The molecule has 32 heavy (non-hydrogen) atoms. The second-order valence-electron chi connectivity index (χ2n) is 7.64. The highest BCUT2D eigenvalue weighted by molar-refractivity contribution is 7.89. The summed E-state index contributed by atoms with van der Waals surface area (Å²) in [6.45, 7) is 5.34. The highest BCUT2D eigenvalue weighted by Gasteiger charge is 2.19. The van der Waals surface area contributed by atoms with E-state index in [4.69, 9.17) is 9.56 Å². The van der Waals surface area contributed by atoms with E-state index in [9.17, 15) is 18.0 Å². The summed E-state index contributed by atoms with van der Waals surface area (Å²) in [4.78, 5) is 28.5. The van der Waals surface area contributed by atoms with Crippen molar-refractivity contribution < 1.29 is 22.4 Å². The molecule has 1 aliphatic heterocycles. The summed E-state index contributed by atoms with van der Waals surface area (Å²) >= 11 is 0. The first kappa shape index (κ1) is 23.9. The molecule has 0 aliphatic carbocycles. The van der Waals surface area contributed by atoms with Gasteiger partial charge in [-0.3, -0.25) is 19.4 Å². The van der Waals surface area contributed by atoms with Crippen molar-refractivity contribution in [2.45, 2.75) is 11.3 Å². The first-order valence-corrected chi connectivity index (χ1v) is 12.0. The Labute approximate surface area is 187 Å². The largest absolute Gasteiger partial charge is 0.459 e. The Balaban J connectivity index is 1.28. The van der Waals surface area contributed by atoms with Gasteiger partial charge in [-0.05, 0) is 36.2 Å². The van der Waals surface area contributed by atoms with E-state index < -0.39 is 10.0 Å². The Bertz CT molecular complexity index is 984. The summed E-state index contributed by atoms with van der Waals surface area (Å²) in [7, 11) is -3.69. The lowest BCUT2D eigenvalue weighted by molar-refractivity contribution is -0.122. The van der Waals surface area contributed by atoms with Crippen molar-refractivity contribution in [2.24, 2.45) is 5.14 Å². The minimum atomic E-state index is -3.69. The molecule has 2 aromatic rings. The molecule has 0 radical (unpaired) electrons. The van der Waals surface area contributed by atoms with Crippen LogP contribution in [0.25, 0.3) is 0 Å². The van der Waals surface area contributed by atoms with Gasteiger partial charge in [0.2, 0.25) is 15.9 Å². The fraction of sp³-hybridized carbons (Fsp3) is 0.429. The number of primary sulfonamides is 1. The van der Waals surface area contributed by atoms with Crippen molar-refractivity contribution in [3.05, 3.63) is 54.0 Å². The van der Waals surface area contributed by atoms with Gasteiger partial charge in [-0.15, -0.1) is 0 Å². The first-order chi connectivity index (χ1) is 15.3. The third-order valence-electron chi connectivity index (χ3n) is 5.28. The summed E-state index contributed by atoms with van der Waals surface area (Å²) < 4.78 is 27.6. The minimum absolute atomic E-state index is 0.0367. The number of rotatable bonds is 10. The van der Waals surface area contributed by atoms with Crippen LogP contribution in [0.15, 0.2) is 52.0 Å². The third-order valence-corrected chi connectivity index (χ3v) is 6.21. The van der Waals surface area contributed by atoms with Crippen LogP contribution in [0.5, 0.6) is 0 Å². The van der Waals surface area contributed by atoms with Crippen LogP contribution in [0.2, 0.25) is 0 Å². The summed E-state index contributed by atoms with van der Waals surface area (Å²) in [6.07, 6.45) is 2.08. The maximum absolute atomic E-state index is 12.2. The average Bonchev–Trinajstić information content (AvgIpc) is 3.30. The zero-order valence-electron chi connectivity index (χ0n) is 17.8. The molecule has 3 rings (SSSR count). The quantitative estimate of drug-likeness (QED) is 0.437. The number of amides is 2. The number of carbonyl (C=O) groups is 2. The molecule has 0 bridgehead atoms. The molecular weight excluding hydrogens is 434 g/mol. The zero-order chi connectivity index (χ0) is 23.0. The van der Waals surface area contributed by atoms with Crippen molar-refractivity contribution in [1.82, 2.24) is 20.4 Å². The van der Waals surface area contributed by atoms with Gasteiger partial charge in [0.1, 0.15) is 0 Å². The van der Waals surface area contributed by atoms with Gasteiger partial charge in [0.15, 0.2) is 5.76 Å². The van der Waals surface area contributed by atoms with Gasteiger partial charge >= 0.3 is 0 Å². The topological polar surface area (TPSA) is 138 Å². The molecule has 0 spiro atoms. The number of piperazine rings is 1. The molecule has 4 N–H and O–H groups in total. The molecule has 174 valence electrons. The molecule has 1 saturated heterocycles. The van der Waals surface area contributed by atoms with E-state index in [1.54, 1.807) is 24.3 Å². The number of hydrogen-bond donors (Lipinski definition) is 3. The Morgan fingerprint density at radius 2 is 1.66 bits per heavy atom. The van der Waals surface area contributed by atoms with Crippen molar-refractivity contribution in [3.8, 4) is 0 Å². The van der Waals surface area contributed by atoms with Gasteiger partial charge in [0.05, 0.1) is 17.7 Å². The van der Waals surface area contributed by atoms with Crippen LogP contribution in [0.1, 0.15) is 16.1 Å². The normalized spacial score (nSPS) is 15.4. The van der Waals surface area contributed by atoms with Gasteiger partial charge < -0.3 is 15.1 Å². The molecule has 0 unspecified atom stereocenters.